The first-order valence-electron chi connectivity index (χ1n) is 14.8. The summed E-state index contributed by atoms with van der Waals surface area (Å²) in [5.41, 5.74) is 9.91. The van der Waals surface area contributed by atoms with Crippen molar-refractivity contribution in [2.24, 2.45) is 11.7 Å². The fourth-order valence-corrected chi connectivity index (χ4v) is 7.06. The number of carbonyl (C=O) groups excluding carboxylic acids is 1. The van der Waals surface area contributed by atoms with Gasteiger partial charge in [0, 0.05) is 43.0 Å². The van der Waals surface area contributed by atoms with Crippen LogP contribution in [0.3, 0.4) is 0 Å². The number of halogens is 3. The van der Waals surface area contributed by atoms with E-state index in [0.717, 1.165) is 66.0 Å². The highest BCUT2D eigenvalue weighted by molar-refractivity contribution is 7.89. The number of benzene rings is 1. The summed E-state index contributed by atoms with van der Waals surface area (Å²) in [5, 5.41) is 16.2. The number of hydrogen-bond acceptors (Lipinski definition) is 6. The summed E-state index contributed by atoms with van der Waals surface area (Å²) in [6.07, 6.45) is 7.60. The molecule has 0 atom stereocenters. The van der Waals surface area contributed by atoms with Crippen LogP contribution in [-0.2, 0) is 21.4 Å². The highest BCUT2D eigenvalue weighted by atomic mass is 32.2. The molecule has 0 unspecified atom stereocenters. The number of nitrogens with two attached hydrogens (primary N) is 1. The lowest BCUT2D eigenvalue weighted by molar-refractivity contribution is -0.192. The van der Waals surface area contributed by atoms with Gasteiger partial charge in [0.2, 0.25) is 10.0 Å². The maximum atomic E-state index is 12.4. The molecular weight excluding hydrogens is 601 g/mol. The van der Waals surface area contributed by atoms with Crippen molar-refractivity contribution in [1.82, 2.24) is 24.4 Å². The molecule has 242 valence electrons. The normalized spacial score (nSPS) is 17.1. The van der Waals surface area contributed by atoms with Crippen molar-refractivity contribution in [3.05, 3.63) is 41.9 Å². The van der Waals surface area contributed by atoms with Gasteiger partial charge in [0.25, 0.3) is 5.91 Å². The number of aromatic nitrogens is 3. The standard InChI is InChI=1S/C27H38N6O3S.C2HF3O2/c1-2-37(35,36)33-10-7-20(8-11-33)25-17-30-26-23(25)13-21(14-24(26)27(28)34)22-16-31-32(18-22)12-9-29-15-19-5-3-4-6-19;3-2(4,5)1(6)7/h13-14,16-20,29-30H,2-12,15H2,1H3,(H2,28,34);(H,6,7). The van der Waals surface area contributed by atoms with Crippen LogP contribution in [0.1, 0.15) is 67.3 Å². The molecule has 1 saturated carbocycles. The number of carbonyl (C=O) groups is 2. The Hall–Kier alpha value is -3.43. The Kier molecular flexibility index (Phi) is 10.7. The number of fused-ring (bicyclic) bond motifs is 1. The maximum Gasteiger partial charge on any atom is 0.490 e. The molecule has 1 aliphatic heterocycles. The number of carboxylic acids is 1. The first kappa shape index (κ1) is 33.5. The molecule has 5 rings (SSSR count). The Morgan fingerprint density at radius 2 is 1.80 bits per heavy atom. The number of aromatic amines is 1. The molecule has 1 amide bonds. The van der Waals surface area contributed by atoms with Gasteiger partial charge < -0.3 is 21.1 Å². The number of rotatable bonds is 10. The van der Waals surface area contributed by atoms with E-state index in [4.69, 9.17) is 15.6 Å². The quantitative estimate of drug-likeness (QED) is 0.243. The number of alkyl halides is 3. The van der Waals surface area contributed by atoms with Gasteiger partial charge in [0.05, 0.1) is 29.6 Å². The van der Waals surface area contributed by atoms with Crippen molar-refractivity contribution in [2.45, 2.75) is 64.1 Å². The smallest absolute Gasteiger partial charge is 0.475 e. The monoisotopic (exact) mass is 640 g/mol. The van der Waals surface area contributed by atoms with E-state index >= 15 is 0 Å². The Morgan fingerprint density at radius 1 is 1.14 bits per heavy atom. The second-order valence-corrected chi connectivity index (χ2v) is 13.5. The lowest BCUT2D eigenvalue weighted by atomic mass is 9.88. The van der Waals surface area contributed by atoms with Crippen molar-refractivity contribution >= 4 is 32.8 Å². The molecule has 15 heteroatoms. The number of carboxylic acid groups (broad SMARTS) is 1. The molecule has 3 heterocycles. The molecule has 5 N–H and O–H groups in total. The minimum absolute atomic E-state index is 0.125. The van der Waals surface area contributed by atoms with Gasteiger partial charge in [-0.3, -0.25) is 9.48 Å². The Bertz CT molecular complexity index is 1550. The van der Waals surface area contributed by atoms with Crippen LogP contribution in [0.5, 0.6) is 0 Å². The second-order valence-electron chi connectivity index (χ2n) is 11.3. The molecule has 2 aliphatic rings. The van der Waals surface area contributed by atoms with E-state index in [9.17, 15) is 26.4 Å². The fourth-order valence-electron chi connectivity index (χ4n) is 5.93. The predicted molar refractivity (Wildman–Crippen MR) is 160 cm³/mol. The molecule has 44 heavy (non-hydrogen) atoms. The minimum atomic E-state index is -5.08. The molecule has 3 aromatic rings. The zero-order valence-corrected chi connectivity index (χ0v) is 25.4. The van der Waals surface area contributed by atoms with Crippen LogP contribution >= 0.6 is 0 Å². The Morgan fingerprint density at radius 3 is 2.39 bits per heavy atom. The summed E-state index contributed by atoms with van der Waals surface area (Å²) in [5.74, 6) is -2.09. The first-order chi connectivity index (χ1) is 20.8. The van der Waals surface area contributed by atoms with E-state index in [1.54, 1.807) is 11.2 Å². The number of hydrogen-bond donors (Lipinski definition) is 4. The summed E-state index contributed by atoms with van der Waals surface area (Å²) in [7, 11) is -3.18. The van der Waals surface area contributed by atoms with Crippen molar-refractivity contribution in [2.75, 3.05) is 31.9 Å². The number of nitrogens with zero attached hydrogens (tertiary/aromatic N) is 3. The van der Waals surface area contributed by atoms with Crippen LogP contribution in [0, 0.1) is 5.92 Å². The number of H-pyrrole nitrogens is 1. The number of sulfonamides is 1. The van der Waals surface area contributed by atoms with Crippen LogP contribution in [0.2, 0.25) is 0 Å². The number of primary amides is 1. The van der Waals surface area contributed by atoms with Gasteiger partial charge in [-0.25, -0.2) is 17.5 Å². The third kappa shape index (κ3) is 8.18. The lowest BCUT2D eigenvalue weighted by Gasteiger charge is -2.31. The van der Waals surface area contributed by atoms with E-state index in [2.05, 4.69) is 21.5 Å². The molecule has 1 aliphatic carbocycles. The number of aliphatic carboxylic acids is 1. The molecule has 2 fully saturated rings. The third-order valence-electron chi connectivity index (χ3n) is 8.37. The minimum Gasteiger partial charge on any atom is -0.475 e. The van der Waals surface area contributed by atoms with Gasteiger partial charge in [0.1, 0.15) is 0 Å². The second kappa shape index (κ2) is 14.1. The zero-order valence-electron chi connectivity index (χ0n) is 24.6. The van der Waals surface area contributed by atoms with Crippen molar-refractivity contribution in [1.29, 1.82) is 0 Å². The lowest BCUT2D eigenvalue weighted by Crippen LogP contribution is -2.38. The summed E-state index contributed by atoms with van der Waals surface area (Å²) in [6, 6.07) is 3.93. The predicted octanol–water partition coefficient (Wildman–Crippen LogP) is 4.07. The Labute approximate surface area is 254 Å². The molecule has 0 spiro atoms. The first-order valence-corrected chi connectivity index (χ1v) is 16.4. The van der Waals surface area contributed by atoms with E-state index in [1.165, 1.54) is 25.7 Å². The van der Waals surface area contributed by atoms with E-state index in [0.29, 0.717) is 18.7 Å². The van der Waals surface area contributed by atoms with Crippen molar-refractivity contribution < 1.29 is 36.3 Å². The summed E-state index contributed by atoms with van der Waals surface area (Å²) in [6.45, 7) is 5.44. The summed E-state index contributed by atoms with van der Waals surface area (Å²) < 4.78 is 59.8. The number of nitrogens with one attached hydrogen (secondary N) is 2. The van der Waals surface area contributed by atoms with Gasteiger partial charge >= 0.3 is 12.1 Å². The highest BCUT2D eigenvalue weighted by Crippen LogP contribution is 2.37. The third-order valence-corrected chi connectivity index (χ3v) is 10.3. The Balaban J connectivity index is 0.000000566. The maximum absolute atomic E-state index is 12.4. The average molecular weight is 641 g/mol. The van der Waals surface area contributed by atoms with Crippen LogP contribution in [0.15, 0.2) is 30.7 Å². The zero-order chi connectivity index (χ0) is 32.1. The molecule has 0 bridgehead atoms. The van der Waals surface area contributed by atoms with Gasteiger partial charge in [-0.05, 0) is 74.2 Å². The molecule has 1 saturated heterocycles. The van der Waals surface area contributed by atoms with E-state index < -0.39 is 28.1 Å². The molecule has 1 aromatic carbocycles. The average Bonchev–Trinajstić information content (AvgIpc) is 3.76. The number of piperidine rings is 1. The van der Waals surface area contributed by atoms with E-state index in [1.807, 2.05) is 29.3 Å². The van der Waals surface area contributed by atoms with Crippen molar-refractivity contribution in [3.8, 4) is 11.1 Å². The van der Waals surface area contributed by atoms with Gasteiger partial charge in [-0.15, -0.1) is 0 Å². The fraction of sp³-hybridized carbons (Fsp3) is 0.552. The van der Waals surface area contributed by atoms with Crippen LogP contribution < -0.4 is 11.1 Å². The van der Waals surface area contributed by atoms with Crippen molar-refractivity contribution in [3.63, 3.8) is 0 Å². The topological polar surface area (TPSA) is 163 Å². The van der Waals surface area contributed by atoms with Gasteiger partial charge in [-0.1, -0.05) is 12.8 Å². The van der Waals surface area contributed by atoms with E-state index in [-0.39, 0.29) is 11.7 Å². The molecular formula is C29H39F3N6O5S. The van der Waals surface area contributed by atoms with Gasteiger partial charge in [0.15, 0.2) is 0 Å². The molecule has 2 aromatic heterocycles. The van der Waals surface area contributed by atoms with Crippen LogP contribution in [-0.4, -0.2) is 82.6 Å². The molecule has 0 radical (unpaired) electrons. The van der Waals surface area contributed by atoms with Crippen LogP contribution in [0.4, 0.5) is 13.2 Å². The largest absolute Gasteiger partial charge is 0.490 e. The highest BCUT2D eigenvalue weighted by Gasteiger charge is 2.38. The summed E-state index contributed by atoms with van der Waals surface area (Å²) >= 11 is 0. The molecule has 11 nitrogen and oxygen atoms in total. The summed E-state index contributed by atoms with van der Waals surface area (Å²) in [4.78, 5) is 24.5. The van der Waals surface area contributed by atoms with Gasteiger partial charge in [-0.2, -0.15) is 18.3 Å². The SMILES string of the molecule is CCS(=O)(=O)N1CCC(c2c[nH]c3c(C(N)=O)cc(-c4cnn(CCNCC5CCCC5)c4)cc23)CC1.O=C(O)C(F)(F)F. The van der Waals surface area contributed by atoms with Crippen LogP contribution in [0.25, 0.3) is 22.0 Å². The number of amides is 1.